The van der Waals surface area contributed by atoms with Crippen LogP contribution in [-0.4, -0.2) is 32.0 Å². The fourth-order valence-electron chi connectivity index (χ4n) is 2.03. The second-order valence-corrected chi connectivity index (χ2v) is 6.50. The highest BCUT2D eigenvalue weighted by atomic mass is 79.9. The molecule has 0 saturated heterocycles. The number of rotatable bonds is 8. The lowest BCUT2D eigenvalue weighted by molar-refractivity contribution is 0.0934. The van der Waals surface area contributed by atoms with Crippen LogP contribution in [0.4, 0.5) is 0 Å². The first-order valence-corrected chi connectivity index (χ1v) is 8.12. The first-order chi connectivity index (χ1) is 9.93. The third kappa shape index (κ3) is 5.58. The van der Waals surface area contributed by atoms with E-state index in [1.165, 1.54) is 0 Å². The van der Waals surface area contributed by atoms with Gasteiger partial charge in [0, 0.05) is 17.4 Å². The molecule has 0 aromatic heterocycles. The van der Waals surface area contributed by atoms with Gasteiger partial charge in [-0.3, -0.25) is 4.79 Å². The molecule has 0 aliphatic carbocycles. The molecule has 0 heterocycles. The van der Waals surface area contributed by atoms with Crippen LogP contribution in [0.25, 0.3) is 0 Å². The van der Waals surface area contributed by atoms with Crippen molar-refractivity contribution in [2.45, 2.75) is 26.7 Å². The summed E-state index contributed by atoms with van der Waals surface area (Å²) in [7, 11) is 3.13. The zero-order chi connectivity index (χ0) is 15.9. The summed E-state index contributed by atoms with van der Waals surface area (Å²) in [5, 5.41) is 3.97. The summed E-state index contributed by atoms with van der Waals surface area (Å²) >= 11 is 3.44. The van der Waals surface area contributed by atoms with Gasteiger partial charge in [-0.05, 0) is 36.5 Å². The largest absolute Gasteiger partial charge is 0.493 e. The highest BCUT2D eigenvalue weighted by molar-refractivity contribution is 9.09. The molecular formula is C16H24BrNO3. The third-order valence-electron chi connectivity index (χ3n) is 3.36. The van der Waals surface area contributed by atoms with E-state index in [4.69, 9.17) is 9.47 Å². The molecule has 1 rings (SSSR count). The molecule has 0 atom stereocenters. The smallest absolute Gasteiger partial charge is 0.251 e. The number of ether oxygens (including phenoxy) is 2. The standard InChI is InChI=1S/C16H24BrNO3/c1-16(2,8-5-9-17)11-18-15(19)12-6-7-13(20-3)14(10-12)21-4/h6-7,10H,5,8-9,11H2,1-4H3,(H,18,19). The Morgan fingerprint density at radius 3 is 2.48 bits per heavy atom. The maximum atomic E-state index is 12.2. The fraction of sp³-hybridized carbons (Fsp3) is 0.562. The SMILES string of the molecule is COc1ccc(C(=O)NCC(C)(C)CCCBr)cc1OC. The first kappa shape index (κ1) is 17.8. The molecule has 0 radical (unpaired) electrons. The lowest BCUT2D eigenvalue weighted by atomic mass is 9.88. The van der Waals surface area contributed by atoms with Crippen molar-refractivity contribution in [3.8, 4) is 11.5 Å². The molecule has 0 fully saturated rings. The molecule has 118 valence electrons. The molecular weight excluding hydrogens is 334 g/mol. The summed E-state index contributed by atoms with van der Waals surface area (Å²) in [5.41, 5.74) is 0.656. The maximum Gasteiger partial charge on any atom is 0.251 e. The minimum atomic E-state index is -0.0946. The number of carbonyl (C=O) groups is 1. The number of nitrogens with one attached hydrogen (secondary N) is 1. The number of benzene rings is 1. The van der Waals surface area contributed by atoms with Gasteiger partial charge in [0.2, 0.25) is 0 Å². The Balaban J connectivity index is 2.67. The Kier molecular flexibility index (Phi) is 7.02. The molecule has 0 unspecified atom stereocenters. The Labute approximate surface area is 135 Å². The van der Waals surface area contributed by atoms with E-state index in [0.717, 1.165) is 18.2 Å². The Morgan fingerprint density at radius 2 is 1.90 bits per heavy atom. The van der Waals surface area contributed by atoms with Gasteiger partial charge in [-0.25, -0.2) is 0 Å². The van der Waals surface area contributed by atoms with Crippen molar-refractivity contribution in [3.63, 3.8) is 0 Å². The molecule has 0 saturated carbocycles. The highest BCUT2D eigenvalue weighted by Gasteiger charge is 2.19. The molecule has 1 amide bonds. The van der Waals surface area contributed by atoms with Gasteiger partial charge in [0.05, 0.1) is 14.2 Å². The number of amides is 1. The molecule has 1 aromatic rings. The van der Waals surface area contributed by atoms with Crippen molar-refractivity contribution in [2.24, 2.45) is 5.41 Å². The van der Waals surface area contributed by atoms with Gasteiger partial charge in [0.25, 0.3) is 5.91 Å². The first-order valence-electron chi connectivity index (χ1n) is 6.99. The summed E-state index contributed by atoms with van der Waals surface area (Å²) in [6.45, 7) is 4.96. The lowest BCUT2D eigenvalue weighted by Crippen LogP contribution is -2.34. The van der Waals surface area contributed by atoms with E-state index in [1.807, 2.05) is 0 Å². The van der Waals surface area contributed by atoms with Gasteiger partial charge in [0.1, 0.15) is 0 Å². The van der Waals surface area contributed by atoms with Crippen molar-refractivity contribution in [1.29, 1.82) is 0 Å². The number of hydrogen-bond acceptors (Lipinski definition) is 3. The monoisotopic (exact) mass is 357 g/mol. The van der Waals surface area contributed by atoms with Crippen LogP contribution < -0.4 is 14.8 Å². The number of halogens is 1. The normalized spacial score (nSPS) is 11.1. The number of alkyl halides is 1. The molecule has 4 nitrogen and oxygen atoms in total. The maximum absolute atomic E-state index is 12.2. The predicted molar refractivity (Wildman–Crippen MR) is 88.7 cm³/mol. The van der Waals surface area contributed by atoms with Gasteiger partial charge >= 0.3 is 0 Å². The Morgan fingerprint density at radius 1 is 1.24 bits per heavy atom. The molecule has 0 spiro atoms. The van der Waals surface area contributed by atoms with Crippen LogP contribution in [0.3, 0.4) is 0 Å². The van der Waals surface area contributed by atoms with E-state index in [1.54, 1.807) is 32.4 Å². The van der Waals surface area contributed by atoms with Crippen molar-refractivity contribution in [3.05, 3.63) is 23.8 Å². The van der Waals surface area contributed by atoms with E-state index in [9.17, 15) is 4.79 Å². The van der Waals surface area contributed by atoms with E-state index < -0.39 is 0 Å². The van der Waals surface area contributed by atoms with Crippen LogP contribution >= 0.6 is 15.9 Å². The van der Waals surface area contributed by atoms with Crippen molar-refractivity contribution in [1.82, 2.24) is 5.32 Å². The average molecular weight is 358 g/mol. The Hall–Kier alpha value is -1.23. The van der Waals surface area contributed by atoms with Gasteiger partial charge in [-0.15, -0.1) is 0 Å². The quantitative estimate of drug-likeness (QED) is 0.722. The zero-order valence-electron chi connectivity index (χ0n) is 13.2. The topological polar surface area (TPSA) is 47.6 Å². The van der Waals surface area contributed by atoms with E-state index in [2.05, 4.69) is 35.1 Å². The minimum absolute atomic E-state index is 0.0833. The van der Waals surface area contributed by atoms with Crippen LogP contribution in [0.5, 0.6) is 11.5 Å². The Bertz CT molecular complexity index is 475. The van der Waals surface area contributed by atoms with E-state index in [-0.39, 0.29) is 11.3 Å². The molecule has 5 heteroatoms. The highest BCUT2D eigenvalue weighted by Crippen LogP contribution is 2.27. The molecule has 0 bridgehead atoms. The van der Waals surface area contributed by atoms with Gasteiger partial charge < -0.3 is 14.8 Å². The molecule has 1 aromatic carbocycles. The van der Waals surface area contributed by atoms with Gasteiger partial charge in [-0.1, -0.05) is 29.8 Å². The summed E-state index contributed by atoms with van der Waals surface area (Å²) in [6.07, 6.45) is 2.16. The van der Waals surface area contributed by atoms with Crippen LogP contribution in [0.2, 0.25) is 0 Å². The van der Waals surface area contributed by atoms with Crippen molar-refractivity contribution in [2.75, 3.05) is 26.1 Å². The number of hydrogen-bond donors (Lipinski definition) is 1. The summed E-state index contributed by atoms with van der Waals surface area (Å²) < 4.78 is 10.4. The van der Waals surface area contributed by atoms with Crippen LogP contribution in [0, 0.1) is 5.41 Å². The third-order valence-corrected chi connectivity index (χ3v) is 3.92. The number of carbonyl (C=O) groups excluding carboxylic acids is 1. The lowest BCUT2D eigenvalue weighted by Gasteiger charge is -2.24. The molecule has 0 aliphatic heterocycles. The molecule has 21 heavy (non-hydrogen) atoms. The molecule has 0 aliphatic rings. The number of methoxy groups -OCH3 is 2. The summed E-state index contributed by atoms with van der Waals surface area (Å²) in [6, 6.07) is 5.17. The van der Waals surface area contributed by atoms with Gasteiger partial charge in [0.15, 0.2) is 11.5 Å². The fourth-order valence-corrected chi connectivity index (χ4v) is 2.31. The summed E-state index contributed by atoms with van der Waals surface area (Å²) in [5.74, 6) is 1.08. The van der Waals surface area contributed by atoms with Crippen molar-refractivity contribution >= 4 is 21.8 Å². The summed E-state index contributed by atoms with van der Waals surface area (Å²) in [4.78, 5) is 12.2. The second-order valence-electron chi connectivity index (χ2n) is 5.71. The van der Waals surface area contributed by atoms with Crippen LogP contribution in [-0.2, 0) is 0 Å². The average Bonchev–Trinajstić information content (AvgIpc) is 2.50. The second kappa shape index (κ2) is 8.27. The van der Waals surface area contributed by atoms with Gasteiger partial charge in [-0.2, -0.15) is 0 Å². The zero-order valence-corrected chi connectivity index (χ0v) is 14.7. The van der Waals surface area contributed by atoms with E-state index >= 15 is 0 Å². The molecule has 1 N–H and O–H groups in total. The van der Waals surface area contributed by atoms with Crippen molar-refractivity contribution < 1.29 is 14.3 Å². The van der Waals surface area contributed by atoms with E-state index in [0.29, 0.717) is 23.6 Å². The van der Waals surface area contributed by atoms with Crippen LogP contribution in [0.15, 0.2) is 18.2 Å². The minimum Gasteiger partial charge on any atom is -0.493 e. The van der Waals surface area contributed by atoms with Crippen LogP contribution in [0.1, 0.15) is 37.0 Å². The predicted octanol–water partition coefficient (Wildman–Crippen LogP) is 3.63.